The first-order valence-electron chi connectivity index (χ1n) is 6.34. The predicted molar refractivity (Wildman–Crippen MR) is 77.1 cm³/mol. The number of nitrogens with zero attached hydrogens (tertiary/aromatic N) is 4. The van der Waals surface area contributed by atoms with Crippen LogP contribution in [0.1, 0.15) is 6.23 Å². The second-order valence-electron chi connectivity index (χ2n) is 4.56. The van der Waals surface area contributed by atoms with E-state index in [2.05, 4.69) is 15.0 Å². The summed E-state index contributed by atoms with van der Waals surface area (Å²) in [7, 11) is 0. The summed E-state index contributed by atoms with van der Waals surface area (Å²) >= 11 is 0. The van der Waals surface area contributed by atoms with Crippen LogP contribution < -0.4 is 11.5 Å². The molecule has 0 saturated heterocycles. The molecule has 23 heavy (non-hydrogen) atoms. The van der Waals surface area contributed by atoms with Crippen molar-refractivity contribution >= 4 is 22.9 Å². The van der Waals surface area contributed by atoms with Crippen LogP contribution in [0.4, 0.5) is 16.2 Å². The fraction of sp³-hybridized carbons (Fsp3) is 0.417. The number of aliphatic hydroxyl groups is 3. The van der Waals surface area contributed by atoms with E-state index in [0.717, 1.165) is 10.9 Å². The van der Waals surface area contributed by atoms with Crippen LogP contribution in [0.15, 0.2) is 6.33 Å². The van der Waals surface area contributed by atoms with Crippen molar-refractivity contribution in [2.75, 3.05) is 24.7 Å². The molecule has 2 aromatic rings. The molecule has 0 fully saturated rings. The van der Waals surface area contributed by atoms with Crippen molar-refractivity contribution in [3.63, 3.8) is 0 Å². The lowest BCUT2D eigenvalue weighted by molar-refractivity contribution is -0.257. The number of hydrogen-bond acceptors (Lipinski definition) is 9. The Morgan fingerprint density at radius 3 is 2.70 bits per heavy atom. The molecule has 3 atom stereocenters. The van der Waals surface area contributed by atoms with Gasteiger partial charge in [-0.1, -0.05) is 5.92 Å². The Hall–Kier alpha value is -2.52. The third-order valence-electron chi connectivity index (χ3n) is 3.05. The van der Waals surface area contributed by atoms with Gasteiger partial charge in [0.1, 0.15) is 12.1 Å². The van der Waals surface area contributed by atoms with Crippen molar-refractivity contribution in [2.24, 2.45) is 0 Å². The molecule has 11 heteroatoms. The molecule has 0 aliphatic carbocycles. The van der Waals surface area contributed by atoms with Crippen LogP contribution in [0.2, 0.25) is 0 Å². The molecule has 0 aliphatic rings. The minimum atomic E-state index is -3.00. The number of hydrogen-bond donors (Lipinski definition) is 5. The van der Waals surface area contributed by atoms with E-state index in [0.29, 0.717) is 0 Å². The Morgan fingerprint density at radius 1 is 1.43 bits per heavy atom. The number of anilines is 2. The van der Waals surface area contributed by atoms with Crippen molar-refractivity contribution in [3.8, 4) is 12.3 Å². The molecule has 0 aliphatic heterocycles. The van der Waals surface area contributed by atoms with E-state index in [1.165, 1.54) is 0 Å². The monoisotopic (exact) mass is 326 g/mol. The SMILES string of the molecule is C#C[C@H](O)[C@@](F)(CO)O[C@H](CO)n1cnc2c(N)nc(N)nc21. The summed E-state index contributed by atoms with van der Waals surface area (Å²) in [5.74, 6) is -1.46. The minimum absolute atomic E-state index is 0.0136. The number of aromatic nitrogens is 4. The maximum absolute atomic E-state index is 14.4. The molecule has 0 unspecified atom stereocenters. The van der Waals surface area contributed by atoms with Crippen LogP contribution in [0.25, 0.3) is 11.2 Å². The third-order valence-corrected chi connectivity index (χ3v) is 3.05. The van der Waals surface area contributed by atoms with Gasteiger partial charge in [-0.25, -0.2) is 9.37 Å². The average Bonchev–Trinajstić information content (AvgIpc) is 2.95. The number of imidazole rings is 1. The molecule has 2 heterocycles. The largest absolute Gasteiger partial charge is 0.392 e. The van der Waals surface area contributed by atoms with Crippen molar-refractivity contribution in [2.45, 2.75) is 18.2 Å². The topological polar surface area (TPSA) is 166 Å². The van der Waals surface area contributed by atoms with Crippen LogP contribution in [-0.2, 0) is 4.74 Å². The number of nitrogens with two attached hydrogens (primary N) is 2. The van der Waals surface area contributed by atoms with Gasteiger partial charge in [-0.3, -0.25) is 4.57 Å². The number of terminal acetylenes is 1. The lowest BCUT2D eigenvalue weighted by Crippen LogP contribution is -2.45. The lowest BCUT2D eigenvalue weighted by Gasteiger charge is -2.30. The average molecular weight is 326 g/mol. The number of ether oxygens (including phenoxy) is 1. The lowest BCUT2D eigenvalue weighted by atomic mass is 10.2. The zero-order valence-corrected chi connectivity index (χ0v) is 11.8. The first kappa shape index (κ1) is 16.8. The summed E-state index contributed by atoms with van der Waals surface area (Å²) in [4.78, 5) is 11.5. The zero-order valence-electron chi connectivity index (χ0n) is 11.8. The predicted octanol–water partition coefficient (Wildman–Crippen LogP) is -1.85. The molecule has 0 spiro atoms. The van der Waals surface area contributed by atoms with E-state index in [1.54, 1.807) is 5.92 Å². The fourth-order valence-electron chi connectivity index (χ4n) is 1.89. The van der Waals surface area contributed by atoms with E-state index in [1.807, 2.05) is 0 Å². The Kier molecular flexibility index (Phi) is 4.62. The zero-order chi connectivity index (χ0) is 17.2. The van der Waals surface area contributed by atoms with Gasteiger partial charge in [-0.2, -0.15) is 9.97 Å². The molecule has 2 rings (SSSR count). The quantitative estimate of drug-likeness (QED) is 0.383. The first-order valence-corrected chi connectivity index (χ1v) is 6.34. The number of rotatable bonds is 6. The number of alkyl halides is 1. The number of halogens is 1. The van der Waals surface area contributed by atoms with E-state index < -0.39 is 31.4 Å². The van der Waals surface area contributed by atoms with Crippen molar-refractivity contribution in [3.05, 3.63) is 6.33 Å². The molecule has 10 nitrogen and oxygen atoms in total. The third kappa shape index (κ3) is 3.01. The first-order chi connectivity index (χ1) is 10.9. The summed E-state index contributed by atoms with van der Waals surface area (Å²) in [5.41, 5.74) is 11.4. The van der Waals surface area contributed by atoms with Gasteiger partial charge in [0.05, 0.1) is 12.9 Å². The summed E-state index contributed by atoms with van der Waals surface area (Å²) in [6.07, 6.45) is 2.63. The van der Waals surface area contributed by atoms with Gasteiger partial charge in [0.15, 0.2) is 23.8 Å². The van der Waals surface area contributed by atoms with Crippen LogP contribution in [0, 0.1) is 12.3 Å². The Balaban J connectivity index is 2.44. The van der Waals surface area contributed by atoms with Crippen molar-refractivity contribution < 1.29 is 24.4 Å². The fourth-order valence-corrected chi connectivity index (χ4v) is 1.89. The molecule has 0 radical (unpaired) electrons. The van der Waals surface area contributed by atoms with E-state index in [4.69, 9.17) is 27.7 Å². The highest BCUT2D eigenvalue weighted by Crippen LogP contribution is 2.27. The molecule has 0 amide bonds. The maximum atomic E-state index is 14.4. The summed E-state index contributed by atoms with van der Waals surface area (Å²) < 4.78 is 20.5. The molecule has 7 N–H and O–H groups in total. The van der Waals surface area contributed by atoms with Crippen LogP contribution in [0.3, 0.4) is 0 Å². The van der Waals surface area contributed by atoms with E-state index >= 15 is 0 Å². The van der Waals surface area contributed by atoms with Gasteiger partial charge in [0, 0.05) is 0 Å². The number of nitrogen functional groups attached to an aromatic ring is 2. The van der Waals surface area contributed by atoms with Crippen molar-refractivity contribution in [1.82, 2.24) is 19.5 Å². The smallest absolute Gasteiger partial charge is 0.271 e. The summed E-state index contributed by atoms with van der Waals surface area (Å²) in [6.45, 7) is -1.97. The highest BCUT2D eigenvalue weighted by molar-refractivity contribution is 5.82. The Bertz CT molecular complexity index is 747. The molecule has 0 bridgehead atoms. The normalized spacial score (nSPS) is 16.7. The highest BCUT2D eigenvalue weighted by atomic mass is 19.2. The van der Waals surface area contributed by atoms with E-state index in [9.17, 15) is 14.6 Å². The number of fused-ring (bicyclic) bond motifs is 1. The molecule has 0 aromatic carbocycles. The van der Waals surface area contributed by atoms with Crippen LogP contribution in [-0.4, -0.2) is 60.0 Å². The van der Waals surface area contributed by atoms with Gasteiger partial charge in [0.25, 0.3) is 5.85 Å². The van der Waals surface area contributed by atoms with Gasteiger partial charge in [-0.05, 0) is 0 Å². The Morgan fingerprint density at radius 2 is 2.13 bits per heavy atom. The van der Waals surface area contributed by atoms with Gasteiger partial charge in [-0.15, -0.1) is 6.42 Å². The molecule has 0 saturated carbocycles. The summed E-state index contributed by atoms with van der Waals surface area (Å²) in [5, 5.41) is 28.0. The van der Waals surface area contributed by atoms with Crippen LogP contribution >= 0.6 is 0 Å². The minimum Gasteiger partial charge on any atom is -0.392 e. The van der Waals surface area contributed by atoms with Gasteiger partial charge < -0.3 is 31.5 Å². The molecule has 2 aromatic heterocycles. The van der Waals surface area contributed by atoms with Crippen LogP contribution in [0.5, 0.6) is 0 Å². The molecule has 124 valence electrons. The van der Waals surface area contributed by atoms with Gasteiger partial charge in [0.2, 0.25) is 5.95 Å². The van der Waals surface area contributed by atoms with Crippen molar-refractivity contribution in [1.29, 1.82) is 0 Å². The highest BCUT2D eigenvalue weighted by Gasteiger charge is 2.41. The van der Waals surface area contributed by atoms with E-state index in [-0.39, 0.29) is 22.9 Å². The molecular formula is C12H15FN6O4. The Labute approximate surface area is 129 Å². The standard InChI is InChI=1S/C12H15FN6O4/c1-2-6(22)12(13,4-21)23-7(3-20)19-5-16-8-9(14)17-11(15)18-10(8)19/h1,5-7,20-22H,3-4H2,(H4,14,15,17,18)/t6-,7+,12+/m0/s1. The van der Waals surface area contributed by atoms with Gasteiger partial charge >= 0.3 is 0 Å². The second-order valence-corrected chi connectivity index (χ2v) is 4.56. The summed E-state index contributed by atoms with van der Waals surface area (Å²) in [6, 6.07) is 0. The molecular weight excluding hydrogens is 311 g/mol. The number of aliphatic hydroxyl groups excluding tert-OH is 3. The maximum Gasteiger partial charge on any atom is 0.271 e. The second kappa shape index (κ2) is 6.31.